The second-order valence-electron chi connectivity index (χ2n) is 4.43. The van der Waals surface area contributed by atoms with Crippen LogP contribution < -0.4 is 10.5 Å². The van der Waals surface area contributed by atoms with Gasteiger partial charge in [0.15, 0.2) is 0 Å². The predicted octanol–water partition coefficient (Wildman–Crippen LogP) is 2.51. The number of nitrogens with one attached hydrogen (secondary N) is 1. The molecule has 0 saturated heterocycles. The molecule has 0 spiro atoms. The van der Waals surface area contributed by atoms with Gasteiger partial charge in [-0.2, -0.15) is 0 Å². The Kier molecular flexibility index (Phi) is 2.14. The van der Waals surface area contributed by atoms with E-state index < -0.39 is 0 Å². The van der Waals surface area contributed by atoms with E-state index in [1.54, 1.807) is 7.11 Å². The fourth-order valence-corrected chi connectivity index (χ4v) is 2.64. The van der Waals surface area contributed by atoms with Gasteiger partial charge in [-0.25, -0.2) is 0 Å². The average Bonchev–Trinajstić information content (AvgIpc) is 2.67. The van der Waals surface area contributed by atoms with Crippen LogP contribution in [-0.4, -0.2) is 12.1 Å². The summed E-state index contributed by atoms with van der Waals surface area (Å²) in [5.41, 5.74) is 9.96. The van der Waals surface area contributed by atoms with Gasteiger partial charge in [-0.1, -0.05) is 0 Å². The maximum atomic E-state index is 6.19. The van der Waals surface area contributed by atoms with Crippen molar-refractivity contribution >= 4 is 10.9 Å². The Morgan fingerprint density at radius 2 is 2.31 bits per heavy atom. The Hall–Kier alpha value is -1.48. The maximum absolute atomic E-state index is 6.19. The first-order chi connectivity index (χ1) is 7.79. The van der Waals surface area contributed by atoms with Gasteiger partial charge in [0, 0.05) is 22.6 Å². The topological polar surface area (TPSA) is 51.0 Å². The fraction of sp³-hybridized carbons (Fsp3) is 0.385. The van der Waals surface area contributed by atoms with Crippen LogP contribution in [0, 0.1) is 0 Å². The molecular weight excluding hydrogens is 200 g/mol. The van der Waals surface area contributed by atoms with E-state index in [-0.39, 0.29) is 6.04 Å². The van der Waals surface area contributed by atoms with Crippen LogP contribution in [0.1, 0.15) is 30.1 Å². The van der Waals surface area contributed by atoms with E-state index in [0.29, 0.717) is 0 Å². The molecule has 2 aromatic rings. The Morgan fingerprint density at radius 3 is 3.12 bits per heavy atom. The summed E-state index contributed by atoms with van der Waals surface area (Å²) in [6.07, 6.45) is 3.37. The minimum Gasteiger partial charge on any atom is -0.497 e. The number of nitrogens with two attached hydrogens (primary N) is 1. The molecule has 0 unspecified atom stereocenters. The van der Waals surface area contributed by atoms with Gasteiger partial charge in [-0.15, -0.1) is 0 Å². The maximum Gasteiger partial charge on any atom is 0.119 e. The number of methoxy groups -OCH3 is 1. The summed E-state index contributed by atoms with van der Waals surface area (Å²) in [7, 11) is 1.69. The number of hydrogen-bond donors (Lipinski definition) is 2. The van der Waals surface area contributed by atoms with Gasteiger partial charge in [-0.05, 0) is 43.0 Å². The SMILES string of the molecule is COc1ccc2[nH]c3c(c2c1)[C@@H](N)CCC3. The lowest BCUT2D eigenvalue weighted by molar-refractivity contribution is 0.415. The molecule has 1 atom stereocenters. The highest BCUT2D eigenvalue weighted by atomic mass is 16.5. The number of ether oxygens (including phenoxy) is 1. The van der Waals surface area contributed by atoms with Crippen LogP contribution in [0.3, 0.4) is 0 Å². The molecule has 1 aliphatic carbocycles. The Balaban J connectivity index is 2.26. The van der Waals surface area contributed by atoms with E-state index in [0.717, 1.165) is 18.6 Å². The van der Waals surface area contributed by atoms with Crippen LogP contribution in [-0.2, 0) is 6.42 Å². The highest BCUT2D eigenvalue weighted by Gasteiger charge is 2.21. The lowest BCUT2D eigenvalue weighted by Crippen LogP contribution is -2.16. The van der Waals surface area contributed by atoms with Crippen molar-refractivity contribution in [3.8, 4) is 5.75 Å². The molecule has 1 aliphatic rings. The lowest BCUT2D eigenvalue weighted by Gasteiger charge is -2.18. The van der Waals surface area contributed by atoms with Gasteiger partial charge in [0.05, 0.1) is 7.11 Å². The molecule has 3 nitrogen and oxygen atoms in total. The normalized spacial score (nSPS) is 19.8. The van der Waals surface area contributed by atoms with Crippen LogP contribution in [0.5, 0.6) is 5.75 Å². The average molecular weight is 216 g/mol. The van der Waals surface area contributed by atoms with Crippen LogP contribution in [0.4, 0.5) is 0 Å². The highest BCUT2D eigenvalue weighted by molar-refractivity contribution is 5.86. The molecule has 1 aromatic carbocycles. The van der Waals surface area contributed by atoms with Crippen LogP contribution in [0.25, 0.3) is 10.9 Å². The first-order valence-corrected chi connectivity index (χ1v) is 5.73. The van der Waals surface area contributed by atoms with Crippen LogP contribution in [0.15, 0.2) is 18.2 Å². The Morgan fingerprint density at radius 1 is 1.44 bits per heavy atom. The molecule has 1 aromatic heterocycles. The number of hydrogen-bond acceptors (Lipinski definition) is 2. The molecule has 0 aliphatic heterocycles. The van der Waals surface area contributed by atoms with Crippen molar-refractivity contribution in [2.75, 3.05) is 7.11 Å². The van der Waals surface area contributed by atoms with Crippen molar-refractivity contribution < 1.29 is 4.74 Å². The zero-order valence-electron chi connectivity index (χ0n) is 9.42. The van der Waals surface area contributed by atoms with E-state index in [9.17, 15) is 0 Å². The number of H-pyrrole nitrogens is 1. The van der Waals surface area contributed by atoms with Crippen LogP contribution >= 0.6 is 0 Å². The van der Waals surface area contributed by atoms with E-state index in [2.05, 4.69) is 17.1 Å². The Labute approximate surface area is 94.6 Å². The molecule has 0 amide bonds. The number of aromatic nitrogens is 1. The summed E-state index contributed by atoms with van der Waals surface area (Å²) in [6.45, 7) is 0. The molecule has 0 saturated carbocycles. The molecule has 3 heteroatoms. The van der Waals surface area contributed by atoms with E-state index in [1.807, 2.05) is 6.07 Å². The third kappa shape index (κ3) is 1.32. The zero-order valence-corrected chi connectivity index (χ0v) is 9.42. The third-order valence-electron chi connectivity index (χ3n) is 3.44. The summed E-state index contributed by atoms with van der Waals surface area (Å²) in [5.74, 6) is 0.895. The first-order valence-electron chi connectivity index (χ1n) is 5.73. The van der Waals surface area contributed by atoms with Gasteiger partial charge in [0.1, 0.15) is 5.75 Å². The van der Waals surface area contributed by atoms with E-state index in [4.69, 9.17) is 10.5 Å². The summed E-state index contributed by atoms with van der Waals surface area (Å²) < 4.78 is 5.26. The predicted molar refractivity (Wildman–Crippen MR) is 64.7 cm³/mol. The van der Waals surface area contributed by atoms with Gasteiger partial charge in [0.2, 0.25) is 0 Å². The van der Waals surface area contributed by atoms with E-state index in [1.165, 1.54) is 28.6 Å². The van der Waals surface area contributed by atoms with Gasteiger partial charge >= 0.3 is 0 Å². The summed E-state index contributed by atoms with van der Waals surface area (Å²) in [5, 5.41) is 1.22. The second-order valence-corrected chi connectivity index (χ2v) is 4.43. The van der Waals surface area contributed by atoms with Gasteiger partial charge < -0.3 is 15.5 Å². The monoisotopic (exact) mass is 216 g/mol. The molecule has 16 heavy (non-hydrogen) atoms. The first kappa shape index (κ1) is 9.73. The lowest BCUT2D eigenvalue weighted by atomic mass is 9.91. The van der Waals surface area contributed by atoms with Crippen molar-refractivity contribution in [2.45, 2.75) is 25.3 Å². The number of aryl methyl sites for hydroxylation is 1. The van der Waals surface area contributed by atoms with Gasteiger partial charge in [-0.3, -0.25) is 0 Å². The van der Waals surface area contributed by atoms with Crippen molar-refractivity contribution in [2.24, 2.45) is 5.73 Å². The molecule has 1 heterocycles. The van der Waals surface area contributed by atoms with Crippen LogP contribution in [0.2, 0.25) is 0 Å². The third-order valence-corrected chi connectivity index (χ3v) is 3.44. The highest BCUT2D eigenvalue weighted by Crippen LogP contribution is 2.35. The molecule has 0 radical (unpaired) electrons. The van der Waals surface area contributed by atoms with E-state index >= 15 is 0 Å². The molecule has 3 N–H and O–H groups in total. The number of aromatic amines is 1. The zero-order chi connectivity index (χ0) is 11.1. The molecule has 0 bridgehead atoms. The van der Waals surface area contributed by atoms with Crippen molar-refractivity contribution in [3.05, 3.63) is 29.5 Å². The number of benzene rings is 1. The second kappa shape index (κ2) is 3.52. The summed E-state index contributed by atoms with van der Waals surface area (Å²) >= 11 is 0. The smallest absolute Gasteiger partial charge is 0.119 e. The van der Waals surface area contributed by atoms with Crippen molar-refractivity contribution in [1.82, 2.24) is 4.98 Å². The molecule has 0 fully saturated rings. The molecular formula is C13H16N2O. The number of rotatable bonds is 1. The number of fused-ring (bicyclic) bond motifs is 3. The van der Waals surface area contributed by atoms with Crippen molar-refractivity contribution in [1.29, 1.82) is 0 Å². The minimum atomic E-state index is 0.171. The fourth-order valence-electron chi connectivity index (χ4n) is 2.64. The molecule has 84 valence electrons. The summed E-state index contributed by atoms with van der Waals surface area (Å²) in [4.78, 5) is 3.46. The Bertz CT molecular complexity index is 530. The van der Waals surface area contributed by atoms with Gasteiger partial charge in [0.25, 0.3) is 0 Å². The van der Waals surface area contributed by atoms with Crippen molar-refractivity contribution in [3.63, 3.8) is 0 Å². The minimum absolute atomic E-state index is 0.171. The largest absolute Gasteiger partial charge is 0.497 e. The quantitative estimate of drug-likeness (QED) is 0.769. The molecule has 3 rings (SSSR count). The summed E-state index contributed by atoms with van der Waals surface area (Å²) in [6, 6.07) is 6.30. The standard InChI is InChI=1S/C13H16N2O/c1-16-8-5-6-11-9(7-8)13-10(14)3-2-4-12(13)15-11/h5-7,10,15H,2-4,14H2,1H3/t10-/m0/s1.